The molecule has 1 aromatic heterocycles. The average molecular weight is 279 g/mol. The number of benzene rings is 2. The van der Waals surface area contributed by atoms with E-state index in [1.165, 1.54) is 27.6 Å². The van der Waals surface area contributed by atoms with Crippen LogP contribution in [0, 0.1) is 0 Å². The smallest absolute Gasteiger partial charge is 0.0518 e. The van der Waals surface area contributed by atoms with E-state index in [9.17, 15) is 5.11 Å². The van der Waals surface area contributed by atoms with Gasteiger partial charge in [0.05, 0.1) is 5.52 Å². The number of fused-ring (bicyclic) bond motifs is 1. The van der Waals surface area contributed by atoms with E-state index in [0.717, 1.165) is 13.0 Å². The van der Waals surface area contributed by atoms with Gasteiger partial charge >= 0.3 is 0 Å². The molecule has 0 aliphatic rings. The Kier molecular flexibility index (Phi) is 4.07. The van der Waals surface area contributed by atoms with Crippen molar-refractivity contribution in [3.63, 3.8) is 0 Å². The van der Waals surface area contributed by atoms with Crippen LogP contribution in [0.3, 0.4) is 0 Å². The van der Waals surface area contributed by atoms with Gasteiger partial charge in [-0.25, -0.2) is 0 Å². The van der Waals surface area contributed by atoms with Crippen LogP contribution in [0.2, 0.25) is 0 Å². The van der Waals surface area contributed by atoms with Crippen LogP contribution in [0.1, 0.15) is 23.6 Å². The van der Waals surface area contributed by atoms with Crippen molar-refractivity contribution in [3.05, 3.63) is 71.4 Å². The second kappa shape index (κ2) is 6.15. The molecule has 108 valence electrons. The zero-order valence-electron chi connectivity index (χ0n) is 12.4. The minimum Gasteiger partial charge on any atom is -0.396 e. The van der Waals surface area contributed by atoms with Gasteiger partial charge in [0.25, 0.3) is 0 Å². The standard InChI is InChI=1S/C19H21NO/c1-2-16-9-6-10-18-17(11-12-21)14-20(19(16)18)13-15-7-4-3-5-8-15/h3-10,14,21H,2,11-13H2,1H3. The van der Waals surface area contributed by atoms with Crippen LogP contribution in [-0.4, -0.2) is 16.3 Å². The largest absolute Gasteiger partial charge is 0.396 e. The number of para-hydroxylation sites is 1. The van der Waals surface area contributed by atoms with E-state index < -0.39 is 0 Å². The Morgan fingerprint density at radius 2 is 1.76 bits per heavy atom. The molecule has 3 rings (SSSR count). The predicted molar refractivity (Wildman–Crippen MR) is 87.6 cm³/mol. The number of aromatic nitrogens is 1. The summed E-state index contributed by atoms with van der Waals surface area (Å²) in [6.07, 6.45) is 3.94. The van der Waals surface area contributed by atoms with E-state index in [1.54, 1.807) is 0 Å². The summed E-state index contributed by atoms with van der Waals surface area (Å²) in [5, 5.41) is 10.6. The molecular weight excluding hydrogens is 258 g/mol. The molecule has 0 fully saturated rings. The first-order chi connectivity index (χ1) is 10.3. The SMILES string of the molecule is CCc1cccc2c(CCO)cn(Cc3ccccc3)c12. The molecule has 0 saturated carbocycles. The third-order valence-electron chi connectivity index (χ3n) is 4.02. The predicted octanol–water partition coefficient (Wildman–Crippen LogP) is 3.79. The number of aryl methyl sites for hydroxylation is 1. The van der Waals surface area contributed by atoms with Crippen LogP contribution in [-0.2, 0) is 19.4 Å². The Hall–Kier alpha value is -2.06. The monoisotopic (exact) mass is 279 g/mol. The molecule has 0 aliphatic heterocycles. The third kappa shape index (κ3) is 2.72. The topological polar surface area (TPSA) is 25.2 Å². The first-order valence-electron chi connectivity index (χ1n) is 7.58. The van der Waals surface area contributed by atoms with Crippen molar-refractivity contribution >= 4 is 10.9 Å². The second-order valence-electron chi connectivity index (χ2n) is 5.41. The molecule has 2 heteroatoms. The summed E-state index contributed by atoms with van der Waals surface area (Å²) in [6, 6.07) is 17.0. The molecule has 2 nitrogen and oxygen atoms in total. The summed E-state index contributed by atoms with van der Waals surface area (Å²) in [6.45, 7) is 3.26. The third-order valence-corrected chi connectivity index (χ3v) is 4.02. The second-order valence-corrected chi connectivity index (χ2v) is 5.41. The van der Waals surface area contributed by atoms with Gasteiger partial charge in [-0.1, -0.05) is 55.5 Å². The molecular formula is C19H21NO. The van der Waals surface area contributed by atoms with Crippen molar-refractivity contribution < 1.29 is 5.11 Å². The number of hydrogen-bond donors (Lipinski definition) is 1. The van der Waals surface area contributed by atoms with Crippen LogP contribution in [0.15, 0.2) is 54.7 Å². The molecule has 1 N–H and O–H groups in total. The molecule has 0 saturated heterocycles. The Bertz CT molecular complexity index is 728. The lowest BCUT2D eigenvalue weighted by Crippen LogP contribution is -1.99. The summed E-state index contributed by atoms with van der Waals surface area (Å²) in [4.78, 5) is 0. The van der Waals surface area contributed by atoms with Gasteiger partial charge in [0, 0.05) is 24.7 Å². The number of rotatable bonds is 5. The maximum Gasteiger partial charge on any atom is 0.0518 e. The van der Waals surface area contributed by atoms with Crippen LogP contribution >= 0.6 is 0 Å². The van der Waals surface area contributed by atoms with E-state index in [0.29, 0.717) is 6.42 Å². The molecule has 0 atom stereocenters. The van der Waals surface area contributed by atoms with Gasteiger partial charge in [-0.2, -0.15) is 0 Å². The summed E-state index contributed by atoms with van der Waals surface area (Å²) in [5.74, 6) is 0. The van der Waals surface area contributed by atoms with E-state index in [2.05, 4.69) is 60.2 Å². The average Bonchev–Trinajstić information content (AvgIpc) is 2.87. The summed E-state index contributed by atoms with van der Waals surface area (Å²) in [5.41, 5.74) is 5.22. The first-order valence-corrected chi connectivity index (χ1v) is 7.58. The highest BCUT2D eigenvalue weighted by Crippen LogP contribution is 2.26. The molecule has 0 radical (unpaired) electrons. The van der Waals surface area contributed by atoms with Crippen LogP contribution in [0.5, 0.6) is 0 Å². The van der Waals surface area contributed by atoms with Crippen LogP contribution in [0.4, 0.5) is 0 Å². The summed E-state index contributed by atoms with van der Waals surface area (Å²) >= 11 is 0. The Morgan fingerprint density at radius 1 is 0.952 bits per heavy atom. The van der Waals surface area contributed by atoms with Crippen molar-refractivity contribution in [1.29, 1.82) is 0 Å². The number of aliphatic hydroxyl groups excluding tert-OH is 1. The number of hydrogen-bond acceptors (Lipinski definition) is 1. The maximum atomic E-state index is 9.30. The quantitative estimate of drug-likeness (QED) is 0.755. The molecule has 2 aromatic carbocycles. The van der Waals surface area contributed by atoms with Gasteiger partial charge in [-0.05, 0) is 29.5 Å². The zero-order valence-corrected chi connectivity index (χ0v) is 12.4. The molecule has 3 aromatic rings. The van der Waals surface area contributed by atoms with Crippen LogP contribution < -0.4 is 0 Å². The number of aliphatic hydroxyl groups is 1. The normalized spacial score (nSPS) is 11.1. The number of nitrogens with zero attached hydrogens (tertiary/aromatic N) is 1. The van der Waals surface area contributed by atoms with Crippen molar-refractivity contribution in [2.75, 3.05) is 6.61 Å². The van der Waals surface area contributed by atoms with E-state index in [1.807, 2.05) is 6.07 Å². The van der Waals surface area contributed by atoms with Crippen LogP contribution in [0.25, 0.3) is 10.9 Å². The highest BCUT2D eigenvalue weighted by Gasteiger charge is 2.11. The summed E-state index contributed by atoms with van der Waals surface area (Å²) < 4.78 is 2.33. The van der Waals surface area contributed by atoms with Crippen molar-refractivity contribution in [2.45, 2.75) is 26.3 Å². The van der Waals surface area contributed by atoms with Crippen molar-refractivity contribution in [3.8, 4) is 0 Å². The highest BCUT2D eigenvalue weighted by atomic mass is 16.2. The van der Waals surface area contributed by atoms with Gasteiger partial charge in [-0.15, -0.1) is 0 Å². The van der Waals surface area contributed by atoms with E-state index in [4.69, 9.17) is 0 Å². The molecule has 21 heavy (non-hydrogen) atoms. The van der Waals surface area contributed by atoms with Gasteiger partial charge in [0.2, 0.25) is 0 Å². The summed E-state index contributed by atoms with van der Waals surface area (Å²) in [7, 11) is 0. The highest BCUT2D eigenvalue weighted by molar-refractivity contribution is 5.87. The Labute approximate surface area is 125 Å². The Morgan fingerprint density at radius 3 is 2.48 bits per heavy atom. The molecule has 0 unspecified atom stereocenters. The maximum absolute atomic E-state index is 9.30. The molecule has 0 amide bonds. The van der Waals surface area contributed by atoms with E-state index >= 15 is 0 Å². The fraction of sp³-hybridized carbons (Fsp3) is 0.263. The first kappa shape index (κ1) is 13.9. The van der Waals surface area contributed by atoms with Gasteiger partial charge < -0.3 is 9.67 Å². The lowest BCUT2D eigenvalue weighted by Gasteiger charge is -2.09. The minimum absolute atomic E-state index is 0.195. The minimum atomic E-state index is 0.195. The molecule has 0 spiro atoms. The Balaban J connectivity index is 2.12. The van der Waals surface area contributed by atoms with Crippen molar-refractivity contribution in [2.24, 2.45) is 0 Å². The fourth-order valence-corrected chi connectivity index (χ4v) is 3.02. The lowest BCUT2D eigenvalue weighted by atomic mass is 10.1. The molecule has 0 aliphatic carbocycles. The van der Waals surface area contributed by atoms with Gasteiger partial charge in [0.1, 0.15) is 0 Å². The van der Waals surface area contributed by atoms with Crippen molar-refractivity contribution in [1.82, 2.24) is 4.57 Å². The zero-order chi connectivity index (χ0) is 14.7. The van der Waals surface area contributed by atoms with Gasteiger partial charge in [-0.3, -0.25) is 0 Å². The fourth-order valence-electron chi connectivity index (χ4n) is 3.02. The molecule has 1 heterocycles. The molecule has 0 bridgehead atoms. The van der Waals surface area contributed by atoms with E-state index in [-0.39, 0.29) is 6.61 Å². The lowest BCUT2D eigenvalue weighted by molar-refractivity contribution is 0.300. The van der Waals surface area contributed by atoms with Gasteiger partial charge in [0.15, 0.2) is 0 Å².